The summed E-state index contributed by atoms with van der Waals surface area (Å²) in [5.74, 6) is 0.546. The van der Waals surface area contributed by atoms with Crippen LogP contribution in [0.5, 0.6) is 5.75 Å². The topological polar surface area (TPSA) is 65.3 Å². The Balaban J connectivity index is 2.85. The van der Waals surface area contributed by atoms with Gasteiger partial charge in [-0.25, -0.2) is 4.98 Å². The van der Waals surface area contributed by atoms with Crippen LogP contribution >= 0.6 is 0 Å². The van der Waals surface area contributed by atoms with Crippen molar-refractivity contribution in [2.45, 2.75) is 6.92 Å². The van der Waals surface area contributed by atoms with E-state index < -0.39 is 4.92 Å². The molecule has 1 heterocycles. The Bertz CT molecular complexity index is 566. The van der Waals surface area contributed by atoms with Gasteiger partial charge in [0, 0.05) is 11.8 Å². The maximum atomic E-state index is 10.8. The first-order chi connectivity index (χ1) is 7.63. The summed E-state index contributed by atoms with van der Waals surface area (Å²) in [6, 6.07) is 6.43. The molecule has 2 aromatic rings. The number of non-ortho nitro benzene ring substituents is 1. The number of aromatic nitrogens is 1. The number of ether oxygens (including phenoxy) is 1. The van der Waals surface area contributed by atoms with Gasteiger partial charge in [-0.15, -0.1) is 0 Å². The SMILES string of the molecule is COc1ccc([N+](=O)[O-])c2ccc(C)nc12. The lowest BCUT2D eigenvalue weighted by atomic mass is 10.1. The summed E-state index contributed by atoms with van der Waals surface area (Å²) in [4.78, 5) is 14.7. The molecule has 0 radical (unpaired) electrons. The van der Waals surface area contributed by atoms with Crippen molar-refractivity contribution in [2.75, 3.05) is 7.11 Å². The average molecular weight is 218 g/mol. The van der Waals surface area contributed by atoms with Crippen molar-refractivity contribution in [3.05, 3.63) is 40.1 Å². The van der Waals surface area contributed by atoms with Gasteiger partial charge in [-0.1, -0.05) is 0 Å². The van der Waals surface area contributed by atoms with Gasteiger partial charge in [0.05, 0.1) is 17.4 Å². The van der Waals surface area contributed by atoms with E-state index in [1.54, 1.807) is 18.2 Å². The highest BCUT2D eigenvalue weighted by Gasteiger charge is 2.15. The van der Waals surface area contributed by atoms with Crippen LogP contribution in [0.15, 0.2) is 24.3 Å². The number of nitro benzene ring substituents is 1. The molecule has 0 saturated carbocycles. The molecule has 5 nitrogen and oxygen atoms in total. The molecule has 0 atom stereocenters. The molecule has 0 fully saturated rings. The largest absolute Gasteiger partial charge is 0.494 e. The number of nitrogens with zero attached hydrogens (tertiary/aromatic N) is 2. The molecule has 82 valence electrons. The van der Waals surface area contributed by atoms with E-state index in [-0.39, 0.29) is 5.69 Å². The third-order valence-electron chi connectivity index (χ3n) is 2.35. The molecule has 0 aliphatic heterocycles. The minimum absolute atomic E-state index is 0.0447. The molecule has 0 bridgehead atoms. The Morgan fingerprint density at radius 3 is 2.69 bits per heavy atom. The van der Waals surface area contributed by atoms with E-state index in [0.717, 1.165) is 5.69 Å². The second-order valence-electron chi connectivity index (χ2n) is 3.39. The molecule has 0 N–H and O–H groups in total. The summed E-state index contributed by atoms with van der Waals surface area (Å²) in [5.41, 5.74) is 1.37. The maximum Gasteiger partial charge on any atom is 0.279 e. The normalized spacial score (nSPS) is 10.4. The summed E-state index contributed by atoms with van der Waals surface area (Å²) < 4.78 is 5.13. The zero-order valence-corrected chi connectivity index (χ0v) is 8.93. The van der Waals surface area contributed by atoms with Crippen molar-refractivity contribution in [3.63, 3.8) is 0 Å². The monoisotopic (exact) mass is 218 g/mol. The van der Waals surface area contributed by atoms with Crippen LogP contribution in [0.2, 0.25) is 0 Å². The molecular formula is C11H10N2O3. The Labute approximate surface area is 91.8 Å². The minimum atomic E-state index is -0.418. The first kappa shape index (κ1) is 10.4. The van der Waals surface area contributed by atoms with Gasteiger partial charge in [-0.3, -0.25) is 10.1 Å². The van der Waals surface area contributed by atoms with Crippen molar-refractivity contribution in [1.29, 1.82) is 0 Å². The lowest BCUT2D eigenvalue weighted by molar-refractivity contribution is -0.383. The first-order valence-electron chi connectivity index (χ1n) is 4.72. The zero-order chi connectivity index (χ0) is 11.7. The molecule has 0 aliphatic carbocycles. The second-order valence-corrected chi connectivity index (χ2v) is 3.39. The number of hydrogen-bond donors (Lipinski definition) is 0. The number of hydrogen-bond acceptors (Lipinski definition) is 4. The van der Waals surface area contributed by atoms with Crippen molar-refractivity contribution in [3.8, 4) is 5.75 Å². The van der Waals surface area contributed by atoms with Crippen LogP contribution in [0.1, 0.15) is 5.69 Å². The molecule has 0 aliphatic rings. The summed E-state index contributed by atoms with van der Waals surface area (Å²) in [6.07, 6.45) is 0. The Morgan fingerprint density at radius 1 is 1.31 bits per heavy atom. The van der Waals surface area contributed by atoms with Crippen LogP contribution in [-0.2, 0) is 0 Å². The van der Waals surface area contributed by atoms with Crippen LogP contribution in [-0.4, -0.2) is 17.0 Å². The fourth-order valence-electron chi connectivity index (χ4n) is 1.60. The Morgan fingerprint density at radius 2 is 2.06 bits per heavy atom. The van der Waals surface area contributed by atoms with E-state index in [1.807, 2.05) is 6.92 Å². The summed E-state index contributed by atoms with van der Waals surface area (Å²) >= 11 is 0. The van der Waals surface area contributed by atoms with Crippen LogP contribution < -0.4 is 4.74 Å². The van der Waals surface area contributed by atoms with Gasteiger partial charge in [0.1, 0.15) is 11.3 Å². The lowest BCUT2D eigenvalue weighted by Gasteiger charge is -2.05. The molecule has 0 spiro atoms. The van der Waals surface area contributed by atoms with E-state index >= 15 is 0 Å². The highest BCUT2D eigenvalue weighted by Crippen LogP contribution is 2.31. The van der Waals surface area contributed by atoms with E-state index in [2.05, 4.69) is 4.98 Å². The summed E-state index contributed by atoms with van der Waals surface area (Å²) in [6.45, 7) is 1.83. The third-order valence-corrected chi connectivity index (χ3v) is 2.35. The smallest absolute Gasteiger partial charge is 0.279 e. The number of nitro groups is 1. The van der Waals surface area contributed by atoms with Gasteiger partial charge < -0.3 is 4.74 Å². The van der Waals surface area contributed by atoms with Crippen LogP contribution in [0.25, 0.3) is 10.9 Å². The first-order valence-corrected chi connectivity index (χ1v) is 4.72. The van der Waals surface area contributed by atoms with Crippen LogP contribution in [0, 0.1) is 17.0 Å². The Kier molecular flexibility index (Phi) is 2.44. The van der Waals surface area contributed by atoms with Crippen molar-refractivity contribution >= 4 is 16.6 Å². The molecule has 16 heavy (non-hydrogen) atoms. The summed E-state index contributed by atoms with van der Waals surface area (Å²) in [5, 5.41) is 11.3. The van der Waals surface area contributed by atoms with Gasteiger partial charge in [-0.2, -0.15) is 0 Å². The van der Waals surface area contributed by atoms with E-state index in [0.29, 0.717) is 16.7 Å². The number of methoxy groups -OCH3 is 1. The summed E-state index contributed by atoms with van der Waals surface area (Å²) in [7, 11) is 1.52. The standard InChI is InChI=1S/C11H10N2O3/c1-7-3-4-8-9(13(14)15)5-6-10(16-2)11(8)12-7/h3-6H,1-2H3. The molecule has 2 rings (SSSR count). The average Bonchev–Trinajstić information content (AvgIpc) is 2.27. The number of fused-ring (bicyclic) bond motifs is 1. The minimum Gasteiger partial charge on any atom is -0.494 e. The molecule has 0 saturated heterocycles. The molecule has 5 heteroatoms. The van der Waals surface area contributed by atoms with Crippen molar-refractivity contribution in [2.24, 2.45) is 0 Å². The fraction of sp³-hybridized carbons (Fsp3) is 0.182. The Hall–Kier alpha value is -2.17. The maximum absolute atomic E-state index is 10.8. The van der Waals surface area contributed by atoms with Gasteiger partial charge in [-0.05, 0) is 25.1 Å². The zero-order valence-electron chi connectivity index (χ0n) is 8.93. The fourth-order valence-corrected chi connectivity index (χ4v) is 1.60. The number of rotatable bonds is 2. The number of pyridine rings is 1. The van der Waals surface area contributed by atoms with E-state index in [9.17, 15) is 10.1 Å². The third kappa shape index (κ3) is 1.56. The predicted molar refractivity (Wildman–Crippen MR) is 59.7 cm³/mol. The van der Waals surface area contributed by atoms with Gasteiger partial charge in [0.2, 0.25) is 0 Å². The molecule has 0 amide bonds. The van der Waals surface area contributed by atoms with Gasteiger partial charge >= 0.3 is 0 Å². The van der Waals surface area contributed by atoms with E-state index in [4.69, 9.17) is 4.74 Å². The van der Waals surface area contributed by atoms with E-state index in [1.165, 1.54) is 13.2 Å². The highest BCUT2D eigenvalue weighted by atomic mass is 16.6. The molecular weight excluding hydrogens is 208 g/mol. The number of benzene rings is 1. The van der Waals surface area contributed by atoms with Crippen molar-refractivity contribution < 1.29 is 9.66 Å². The van der Waals surface area contributed by atoms with Gasteiger partial charge in [0.15, 0.2) is 0 Å². The quantitative estimate of drug-likeness (QED) is 0.573. The highest BCUT2D eigenvalue weighted by molar-refractivity contribution is 5.92. The predicted octanol–water partition coefficient (Wildman–Crippen LogP) is 2.46. The number of aryl methyl sites for hydroxylation is 1. The molecule has 1 aromatic heterocycles. The second kappa shape index (κ2) is 3.77. The molecule has 1 aromatic carbocycles. The lowest BCUT2D eigenvalue weighted by Crippen LogP contribution is -1.94. The van der Waals surface area contributed by atoms with Crippen LogP contribution in [0.4, 0.5) is 5.69 Å². The van der Waals surface area contributed by atoms with Crippen molar-refractivity contribution in [1.82, 2.24) is 4.98 Å². The van der Waals surface area contributed by atoms with Crippen LogP contribution in [0.3, 0.4) is 0 Å². The van der Waals surface area contributed by atoms with Gasteiger partial charge in [0.25, 0.3) is 5.69 Å². The molecule has 0 unspecified atom stereocenters.